The fourth-order valence-electron chi connectivity index (χ4n) is 4.97. The molecule has 0 amide bonds. The maximum atomic E-state index is 13.8. The molecular weight excluding hydrogens is 482 g/mol. The number of nitrogens with zero attached hydrogens (tertiary/aromatic N) is 1. The van der Waals surface area contributed by atoms with Gasteiger partial charge >= 0.3 is 0 Å². The summed E-state index contributed by atoms with van der Waals surface area (Å²) in [4.78, 5) is 16.0. The lowest BCUT2D eigenvalue weighted by atomic mass is 9.96. The third-order valence-corrected chi connectivity index (χ3v) is 7.07. The predicted molar refractivity (Wildman–Crippen MR) is 144 cm³/mol. The number of carbonyl (C=O) groups is 1. The molecule has 2 aliphatic rings. The Morgan fingerprint density at radius 2 is 1.71 bits per heavy atom. The number of fused-ring (bicyclic) bond motifs is 2. The van der Waals surface area contributed by atoms with Crippen LogP contribution in [0.5, 0.6) is 17.2 Å². The number of morpholine rings is 1. The van der Waals surface area contributed by atoms with Crippen molar-refractivity contribution in [3.05, 3.63) is 89.9 Å². The number of ether oxygens (including phenoxy) is 4. The summed E-state index contributed by atoms with van der Waals surface area (Å²) < 4.78 is 28.8. The molecule has 38 heavy (non-hydrogen) atoms. The summed E-state index contributed by atoms with van der Waals surface area (Å²) in [5, 5.41) is 0.871. The number of hydrogen-bond acceptors (Lipinski definition) is 7. The zero-order chi connectivity index (χ0) is 26.1. The Morgan fingerprint density at radius 3 is 2.45 bits per heavy atom. The first kappa shape index (κ1) is 24.3. The fraction of sp³-hybridized carbons (Fsp3) is 0.258. The maximum absolute atomic E-state index is 13.8. The van der Waals surface area contributed by atoms with Gasteiger partial charge in [0.25, 0.3) is 0 Å². The van der Waals surface area contributed by atoms with Gasteiger partial charge in [0.1, 0.15) is 29.1 Å². The van der Waals surface area contributed by atoms with Crippen molar-refractivity contribution in [1.82, 2.24) is 4.90 Å². The first-order valence-corrected chi connectivity index (χ1v) is 12.8. The highest BCUT2D eigenvalue weighted by molar-refractivity contribution is 6.16. The first-order chi connectivity index (χ1) is 18.6. The molecule has 1 unspecified atom stereocenters. The number of furan rings is 1. The van der Waals surface area contributed by atoms with E-state index in [-0.39, 0.29) is 17.8 Å². The van der Waals surface area contributed by atoms with Crippen molar-refractivity contribution < 1.29 is 28.2 Å². The molecule has 194 valence electrons. The van der Waals surface area contributed by atoms with Crippen LogP contribution in [0.15, 0.2) is 77.4 Å². The molecule has 0 saturated carbocycles. The highest BCUT2D eigenvalue weighted by atomic mass is 16.5. The van der Waals surface area contributed by atoms with Crippen molar-refractivity contribution in [2.24, 2.45) is 0 Å². The van der Waals surface area contributed by atoms with Gasteiger partial charge in [0.2, 0.25) is 5.78 Å². The number of rotatable bonds is 7. The largest absolute Gasteiger partial charge is 0.497 e. The Balaban J connectivity index is 1.34. The normalized spacial score (nSPS) is 16.1. The molecule has 3 heterocycles. The monoisotopic (exact) mass is 511 g/mol. The van der Waals surface area contributed by atoms with Gasteiger partial charge in [0, 0.05) is 35.7 Å². The minimum atomic E-state index is -0.197. The van der Waals surface area contributed by atoms with Crippen molar-refractivity contribution in [3.63, 3.8) is 0 Å². The van der Waals surface area contributed by atoms with Gasteiger partial charge in [0.05, 0.1) is 26.6 Å². The minimum Gasteiger partial charge on any atom is -0.497 e. The topological polar surface area (TPSA) is 70.4 Å². The Labute approximate surface area is 221 Å². The second-order valence-electron chi connectivity index (χ2n) is 9.40. The molecule has 1 aromatic heterocycles. The summed E-state index contributed by atoms with van der Waals surface area (Å²) in [5.74, 6) is 2.28. The Morgan fingerprint density at radius 1 is 0.974 bits per heavy atom. The van der Waals surface area contributed by atoms with E-state index in [1.165, 1.54) is 0 Å². The van der Waals surface area contributed by atoms with Crippen LogP contribution in [0.1, 0.15) is 28.6 Å². The molecule has 7 nitrogen and oxygen atoms in total. The van der Waals surface area contributed by atoms with E-state index in [1.54, 1.807) is 25.5 Å². The molecule has 1 atom stereocenters. The van der Waals surface area contributed by atoms with E-state index >= 15 is 0 Å². The SMILES string of the molecule is COc1ccc(-c2c(C(=O)c3ccc(OC(C)N4CCOCC4)cc3)oc3cc4c(cc23)CC=CO4)cc1. The zero-order valence-electron chi connectivity index (χ0n) is 21.4. The van der Waals surface area contributed by atoms with Crippen molar-refractivity contribution in [2.45, 2.75) is 19.6 Å². The number of methoxy groups -OCH3 is 1. The van der Waals surface area contributed by atoms with Crippen molar-refractivity contribution in [3.8, 4) is 28.4 Å². The van der Waals surface area contributed by atoms with Crippen LogP contribution < -0.4 is 14.2 Å². The fourth-order valence-corrected chi connectivity index (χ4v) is 4.97. The Hall–Kier alpha value is -4.07. The predicted octanol–water partition coefficient (Wildman–Crippen LogP) is 5.85. The molecule has 0 spiro atoms. The van der Waals surface area contributed by atoms with E-state index in [1.807, 2.05) is 55.5 Å². The van der Waals surface area contributed by atoms with Crippen LogP contribution in [0.25, 0.3) is 22.1 Å². The van der Waals surface area contributed by atoms with Gasteiger partial charge in [-0.25, -0.2) is 0 Å². The number of benzene rings is 3. The third-order valence-electron chi connectivity index (χ3n) is 7.07. The number of carbonyl (C=O) groups excluding carboxylic acids is 1. The standard InChI is InChI=1S/C31H29NO6/c1-20(32-13-16-35-17-14-32)37-25-11-7-22(8-12-25)30(33)31-29(21-5-9-24(34-2)10-6-21)26-18-23-4-3-15-36-27(23)19-28(26)38-31/h3,5-12,15,18-20H,4,13-14,16-17H2,1-2H3. The van der Waals surface area contributed by atoms with Crippen LogP contribution in [-0.2, 0) is 11.2 Å². The lowest BCUT2D eigenvalue weighted by Crippen LogP contribution is -2.44. The molecule has 0 aliphatic carbocycles. The van der Waals surface area contributed by atoms with Crippen molar-refractivity contribution in [1.29, 1.82) is 0 Å². The molecule has 3 aromatic carbocycles. The van der Waals surface area contributed by atoms with E-state index in [9.17, 15) is 4.79 Å². The average Bonchev–Trinajstić information content (AvgIpc) is 3.34. The second-order valence-corrected chi connectivity index (χ2v) is 9.40. The molecular formula is C31H29NO6. The van der Waals surface area contributed by atoms with E-state index in [2.05, 4.69) is 11.0 Å². The zero-order valence-corrected chi connectivity index (χ0v) is 21.4. The van der Waals surface area contributed by atoms with Crippen LogP contribution in [0.3, 0.4) is 0 Å². The average molecular weight is 512 g/mol. The van der Waals surface area contributed by atoms with E-state index in [0.29, 0.717) is 30.1 Å². The summed E-state index contributed by atoms with van der Waals surface area (Å²) in [6.45, 7) is 5.12. The maximum Gasteiger partial charge on any atom is 0.228 e. The van der Waals surface area contributed by atoms with E-state index in [0.717, 1.165) is 53.1 Å². The molecule has 1 fully saturated rings. The van der Waals surface area contributed by atoms with Crippen molar-refractivity contribution >= 4 is 16.8 Å². The Bertz CT molecular complexity index is 1480. The third kappa shape index (κ3) is 4.66. The van der Waals surface area contributed by atoms with Gasteiger partial charge < -0.3 is 23.4 Å². The first-order valence-electron chi connectivity index (χ1n) is 12.8. The quantitative estimate of drug-likeness (QED) is 0.289. The molecule has 0 radical (unpaired) electrons. The van der Waals surface area contributed by atoms with Gasteiger partial charge in [-0.3, -0.25) is 9.69 Å². The van der Waals surface area contributed by atoms with Crippen LogP contribution in [0, 0.1) is 0 Å². The van der Waals surface area contributed by atoms with Crippen LogP contribution >= 0.6 is 0 Å². The minimum absolute atomic E-state index is 0.0831. The molecule has 2 aliphatic heterocycles. The molecule has 4 aromatic rings. The van der Waals surface area contributed by atoms with Crippen LogP contribution in [0.4, 0.5) is 0 Å². The molecule has 6 rings (SSSR count). The molecule has 7 heteroatoms. The van der Waals surface area contributed by atoms with Gasteiger partial charge in [-0.2, -0.15) is 0 Å². The smallest absolute Gasteiger partial charge is 0.228 e. The lowest BCUT2D eigenvalue weighted by Gasteiger charge is -2.32. The Kier molecular flexibility index (Phi) is 6.62. The summed E-state index contributed by atoms with van der Waals surface area (Å²) in [7, 11) is 1.63. The molecule has 0 N–H and O–H groups in total. The summed E-state index contributed by atoms with van der Waals surface area (Å²) in [6, 6.07) is 18.8. The molecule has 0 bridgehead atoms. The number of hydrogen-bond donors (Lipinski definition) is 0. The van der Waals surface area contributed by atoms with Gasteiger partial charge in [0.15, 0.2) is 5.76 Å². The van der Waals surface area contributed by atoms with E-state index in [4.69, 9.17) is 23.4 Å². The van der Waals surface area contributed by atoms with Crippen LogP contribution in [-0.4, -0.2) is 50.3 Å². The van der Waals surface area contributed by atoms with E-state index < -0.39 is 0 Å². The molecule has 1 saturated heterocycles. The lowest BCUT2D eigenvalue weighted by molar-refractivity contribution is -0.0373. The summed E-state index contributed by atoms with van der Waals surface area (Å²) in [6.07, 6.45) is 4.32. The highest BCUT2D eigenvalue weighted by Crippen LogP contribution is 2.40. The highest BCUT2D eigenvalue weighted by Gasteiger charge is 2.25. The number of allylic oxidation sites excluding steroid dienone is 1. The van der Waals surface area contributed by atoms with Gasteiger partial charge in [-0.1, -0.05) is 12.1 Å². The summed E-state index contributed by atoms with van der Waals surface area (Å²) in [5.41, 5.74) is 3.80. The summed E-state index contributed by atoms with van der Waals surface area (Å²) >= 11 is 0. The van der Waals surface area contributed by atoms with Gasteiger partial charge in [-0.15, -0.1) is 0 Å². The van der Waals surface area contributed by atoms with Gasteiger partial charge in [-0.05, 0) is 73.0 Å². The van der Waals surface area contributed by atoms with Crippen LogP contribution in [0.2, 0.25) is 0 Å². The van der Waals surface area contributed by atoms with Crippen molar-refractivity contribution in [2.75, 3.05) is 33.4 Å². The number of ketones is 1. The second kappa shape index (κ2) is 10.4.